The van der Waals surface area contributed by atoms with Gasteiger partial charge in [-0.1, -0.05) is 30.3 Å². The first-order chi connectivity index (χ1) is 17.0. The number of anilines is 1. The summed E-state index contributed by atoms with van der Waals surface area (Å²) in [5.41, 5.74) is 3.28. The highest BCUT2D eigenvalue weighted by molar-refractivity contribution is 7.92. The van der Waals surface area contributed by atoms with Gasteiger partial charge >= 0.3 is 0 Å². The lowest BCUT2D eigenvalue weighted by atomic mass is 9.89. The minimum atomic E-state index is -3.82. The topological polar surface area (TPSA) is 91.5 Å². The van der Waals surface area contributed by atoms with Crippen molar-refractivity contribution in [3.63, 3.8) is 0 Å². The normalized spacial score (nSPS) is 14.7. The highest BCUT2D eigenvalue weighted by Crippen LogP contribution is 2.33. The molecule has 1 aromatic heterocycles. The third kappa shape index (κ3) is 4.61. The summed E-state index contributed by atoms with van der Waals surface area (Å²) < 4.78 is 33.4. The number of methoxy groups -OCH3 is 1. The van der Waals surface area contributed by atoms with E-state index in [1.807, 2.05) is 17.0 Å². The van der Waals surface area contributed by atoms with Crippen molar-refractivity contribution in [2.24, 2.45) is 0 Å². The lowest BCUT2D eigenvalue weighted by Gasteiger charge is -2.32. The van der Waals surface area contributed by atoms with E-state index < -0.39 is 10.0 Å². The number of aromatic nitrogens is 1. The summed E-state index contributed by atoms with van der Waals surface area (Å²) in [6, 6.07) is 21.2. The lowest BCUT2D eigenvalue weighted by molar-refractivity contribution is 0.0713. The van der Waals surface area contributed by atoms with Crippen molar-refractivity contribution in [3.8, 4) is 5.75 Å². The van der Waals surface area contributed by atoms with Crippen molar-refractivity contribution < 1.29 is 17.9 Å². The molecular weight excluding hydrogens is 462 g/mol. The van der Waals surface area contributed by atoms with Gasteiger partial charge in [0.2, 0.25) is 0 Å². The number of sulfonamides is 1. The summed E-state index contributed by atoms with van der Waals surface area (Å²) in [6.45, 7) is 1.33. The Kier molecular flexibility index (Phi) is 6.21. The van der Waals surface area contributed by atoms with Gasteiger partial charge in [0, 0.05) is 35.8 Å². The van der Waals surface area contributed by atoms with Crippen molar-refractivity contribution in [1.82, 2.24) is 9.88 Å². The minimum Gasteiger partial charge on any atom is -0.495 e. The lowest BCUT2D eigenvalue weighted by Crippen LogP contribution is -2.37. The van der Waals surface area contributed by atoms with Crippen LogP contribution < -0.4 is 9.46 Å². The summed E-state index contributed by atoms with van der Waals surface area (Å²) >= 11 is 0. The first kappa shape index (κ1) is 23.0. The maximum absolute atomic E-state index is 13.1. The van der Waals surface area contributed by atoms with Gasteiger partial charge in [-0.25, -0.2) is 8.42 Å². The first-order valence-electron chi connectivity index (χ1n) is 11.6. The molecule has 3 aromatic carbocycles. The minimum absolute atomic E-state index is 0.0796. The van der Waals surface area contributed by atoms with E-state index in [2.05, 4.69) is 28.0 Å². The SMILES string of the molecule is COc1ccccc1NS(=O)(=O)c1ccc(C(=O)N2CCC(c3c[nH]c4ccccc34)CC2)cc1. The maximum atomic E-state index is 13.1. The number of nitrogens with zero attached hydrogens (tertiary/aromatic N) is 1. The van der Waals surface area contributed by atoms with Crippen LogP contribution in [0.3, 0.4) is 0 Å². The number of fused-ring (bicyclic) bond motifs is 1. The molecule has 2 heterocycles. The van der Waals surface area contributed by atoms with E-state index in [0.717, 1.165) is 18.4 Å². The van der Waals surface area contributed by atoms with Crippen LogP contribution in [0.4, 0.5) is 5.69 Å². The number of hydrogen-bond donors (Lipinski definition) is 2. The zero-order valence-electron chi connectivity index (χ0n) is 19.4. The van der Waals surface area contributed by atoms with Gasteiger partial charge < -0.3 is 14.6 Å². The van der Waals surface area contributed by atoms with Crippen molar-refractivity contribution in [3.05, 3.63) is 90.1 Å². The summed E-state index contributed by atoms with van der Waals surface area (Å²) in [7, 11) is -2.34. The van der Waals surface area contributed by atoms with Gasteiger partial charge in [0.15, 0.2) is 0 Å². The fourth-order valence-corrected chi connectivity index (χ4v) is 5.79. The van der Waals surface area contributed by atoms with Crippen molar-refractivity contribution >= 4 is 32.5 Å². The number of likely N-dealkylation sites (tertiary alicyclic amines) is 1. The Labute approximate surface area is 204 Å². The average molecular weight is 490 g/mol. The van der Waals surface area contributed by atoms with Crippen LogP contribution in [0, 0.1) is 0 Å². The predicted octanol–water partition coefficient (Wildman–Crippen LogP) is 5.00. The Morgan fingerprint density at radius 3 is 2.40 bits per heavy atom. The van der Waals surface area contributed by atoms with Gasteiger partial charge in [-0.05, 0) is 66.8 Å². The summed E-state index contributed by atoms with van der Waals surface area (Å²) in [6.07, 6.45) is 3.87. The van der Waals surface area contributed by atoms with E-state index in [4.69, 9.17) is 4.74 Å². The molecule has 4 aromatic rings. The second-order valence-electron chi connectivity index (χ2n) is 8.69. The Morgan fingerprint density at radius 2 is 1.66 bits per heavy atom. The van der Waals surface area contributed by atoms with Gasteiger partial charge in [-0.15, -0.1) is 0 Å². The third-order valence-corrected chi connectivity index (χ3v) is 7.99. The molecule has 1 amide bonds. The van der Waals surface area contributed by atoms with E-state index in [1.165, 1.54) is 30.2 Å². The van der Waals surface area contributed by atoms with E-state index in [0.29, 0.717) is 36.0 Å². The number of benzene rings is 3. The number of ether oxygens (including phenoxy) is 1. The zero-order chi connectivity index (χ0) is 24.4. The van der Waals surface area contributed by atoms with Gasteiger partial charge in [-0.2, -0.15) is 0 Å². The number of carbonyl (C=O) groups is 1. The molecule has 7 nitrogen and oxygen atoms in total. The standard InChI is InChI=1S/C27H27N3O4S/c1-34-26-9-5-4-8-25(26)29-35(32,33)21-12-10-20(11-13-21)27(31)30-16-14-19(15-17-30)23-18-28-24-7-3-2-6-22(23)24/h2-13,18-19,28-29H,14-17H2,1H3. The molecule has 0 unspecified atom stereocenters. The monoisotopic (exact) mass is 489 g/mol. The fourth-order valence-electron chi connectivity index (χ4n) is 4.72. The molecule has 1 aliphatic rings. The Balaban J connectivity index is 1.25. The van der Waals surface area contributed by atoms with Crippen LogP contribution in [-0.2, 0) is 10.0 Å². The Morgan fingerprint density at radius 1 is 0.971 bits per heavy atom. The van der Waals surface area contributed by atoms with E-state index in [-0.39, 0.29) is 10.8 Å². The Bertz CT molecular complexity index is 1450. The average Bonchev–Trinajstić information content (AvgIpc) is 3.33. The van der Waals surface area contributed by atoms with E-state index in [9.17, 15) is 13.2 Å². The molecule has 1 aliphatic heterocycles. The van der Waals surface area contributed by atoms with Gasteiger partial charge in [0.1, 0.15) is 5.75 Å². The number of amides is 1. The number of para-hydroxylation sites is 3. The van der Waals surface area contributed by atoms with Crippen LogP contribution in [-0.4, -0.2) is 44.4 Å². The second kappa shape index (κ2) is 9.46. The first-order valence-corrected chi connectivity index (χ1v) is 13.1. The molecule has 8 heteroatoms. The van der Waals surface area contributed by atoms with Crippen LogP contribution in [0.5, 0.6) is 5.75 Å². The molecule has 1 fully saturated rings. The van der Waals surface area contributed by atoms with Crippen LogP contribution in [0.15, 0.2) is 83.9 Å². The molecule has 35 heavy (non-hydrogen) atoms. The zero-order valence-corrected chi connectivity index (χ0v) is 20.2. The molecule has 0 radical (unpaired) electrons. The number of rotatable bonds is 6. The molecule has 5 rings (SSSR count). The van der Waals surface area contributed by atoms with E-state index >= 15 is 0 Å². The molecule has 0 spiro atoms. The highest BCUT2D eigenvalue weighted by Gasteiger charge is 2.26. The van der Waals surface area contributed by atoms with Crippen molar-refractivity contribution in [2.45, 2.75) is 23.7 Å². The number of H-pyrrole nitrogens is 1. The maximum Gasteiger partial charge on any atom is 0.262 e. The van der Waals surface area contributed by atoms with Crippen LogP contribution in [0.1, 0.15) is 34.7 Å². The number of piperidine rings is 1. The molecule has 1 saturated heterocycles. The molecule has 0 atom stereocenters. The number of nitrogens with one attached hydrogen (secondary N) is 2. The number of hydrogen-bond acceptors (Lipinski definition) is 4. The van der Waals surface area contributed by atoms with Gasteiger partial charge in [0.25, 0.3) is 15.9 Å². The molecule has 0 saturated carbocycles. The number of aromatic amines is 1. The molecule has 0 bridgehead atoms. The second-order valence-corrected chi connectivity index (χ2v) is 10.4. The summed E-state index contributed by atoms with van der Waals surface area (Å²) in [5, 5.41) is 1.25. The Hall–Kier alpha value is -3.78. The van der Waals surface area contributed by atoms with E-state index in [1.54, 1.807) is 36.4 Å². The summed E-state index contributed by atoms with van der Waals surface area (Å²) in [4.78, 5) is 18.4. The highest BCUT2D eigenvalue weighted by atomic mass is 32.2. The molecule has 2 N–H and O–H groups in total. The van der Waals surface area contributed by atoms with Crippen LogP contribution >= 0.6 is 0 Å². The van der Waals surface area contributed by atoms with Gasteiger partial charge in [0.05, 0.1) is 17.7 Å². The largest absolute Gasteiger partial charge is 0.495 e. The molecule has 0 aliphatic carbocycles. The smallest absolute Gasteiger partial charge is 0.262 e. The molecule has 180 valence electrons. The van der Waals surface area contributed by atoms with Crippen molar-refractivity contribution in [2.75, 3.05) is 24.9 Å². The number of carbonyl (C=O) groups excluding carboxylic acids is 1. The van der Waals surface area contributed by atoms with Crippen molar-refractivity contribution in [1.29, 1.82) is 0 Å². The van der Waals surface area contributed by atoms with Gasteiger partial charge in [-0.3, -0.25) is 9.52 Å². The molecular formula is C27H27N3O4S. The predicted molar refractivity (Wildman–Crippen MR) is 136 cm³/mol. The van der Waals surface area contributed by atoms with Crippen LogP contribution in [0.2, 0.25) is 0 Å². The summed E-state index contributed by atoms with van der Waals surface area (Å²) in [5.74, 6) is 0.756. The third-order valence-electron chi connectivity index (χ3n) is 6.61. The fraction of sp³-hybridized carbons (Fsp3) is 0.222. The quantitative estimate of drug-likeness (QED) is 0.399. The van der Waals surface area contributed by atoms with Crippen LogP contribution in [0.25, 0.3) is 10.9 Å².